The Morgan fingerprint density at radius 3 is 2.77 bits per heavy atom. The van der Waals surface area contributed by atoms with Gasteiger partial charge >= 0.3 is 0 Å². The molecule has 0 N–H and O–H groups in total. The zero-order chi connectivity index (χ0) is 21.3. The fourth-order valence-electron chi connectivity index (χ4n) is 3.69. The highest BCUT2D eigenvalue weighted by Crippen LogP contribution is 2.38. The minimum absolute atomic E-state index is 0.00335. The molecule has 0 aliphatic heterocycles. The second-order valence-electron chi connectivity index (χ2n) is 7.91. The summed E-state index contributed by atoms with van der Waals surface area (Å²) in [5.74, 6) is 3.67. The Bertz CT molecular complexity index is 1080. The van der Waals surface area contributed by atoms with Crippen molar-refractivity contribution in [2.24, 2.45) is 5.92 Å². The van der Waals surface area contributed by atoms with Crippen molar-refractivity contribution < 1.29 is 14.3 Å². The summed E-state index contributed by atoms with van der Waals surface area (Å²) in [5.41, 5.74) is 2.40. The Kier molecular flexibility index (Phi) is 5.94. The van der Waals surface area contributed by atoms with Gasteiger partial charge in [-0.05, 0) is 30.4 Å². The van der Waals surface area contributed by atoms with Gasteiger partial charge in [0.1, 0.15) is 11.5 Å². The average molecular weight is 427 g/mol. The molecule has 158 valence electrons. The summed E-state index contributed by atoms with van der Waals surface area (Å²) >= 11 is 1.63. The van der Waals surface area contributed by atoms with Crippen LogP contribution in [-0.2, 0) is 6.42 Å². The van der Waals surface area contributed by atoms with Gasteiger partial charge < -0.3 is 9.47 Å². The van der Waals surface area contributed by atoms with Crippen molar-refractivity contribution in [2.45, 2.75) is 44.2 Å². The maximum atomic E-state index is 12.9. The Hall–Kier alpha value is -2.61. The van der Waals surface area contributed by atoms with Crippen LogP contribution in [0.4, 0.5) is 0 Å². The molecule has 8 heteroatoms. The standard InChI is InChI=1S/C22H26N4O3S/c1-13(2)7-8-30-22-24-21-23-18-9-14(10-19(27)17(18)12-26(21)25-22)16-6-5-15(28-3)11-20(16)29-4/h5-6,11-14H,7-10H2,1-4H3. The van der Waals surface area contributed by atoms with Crippen molar-refractivity contribution in [2.75, 3.05) is 20.0 Å². The molecule has 0 bridgehead atoms. The van der Waals surface area contributed by atoms with E-state index in [9.17, 15) is 4.79 Å². The second-order valence-corrected chi connectivity index (χ2v) is 8.97. The minimum Gasteiger partial charge on any atom is -0.497 e. The molecule has 0 saturated heterocycles. The number of hydrogen-bond acceptors (Lipinski definition) is 7. The number of Topliss-reactive ketones (excluding diaryl/α,β-unsaturated/α-hetero) is 1. The van der Waals surface area contributed by atoms with Crippen LogP contribution >= 0.6 is 11.8 Å². The van der Waals surface area contributed by atoms with Gasteiger partial charge in [-0.3, -0.25) is 4.79 Å². The van der Waals surface area contributed by atoms with Gasteiger partial charge in [-0.25, -0.2) is 9.50 Å². The molecule has 7 nitrogen and oxygen atoms in total. The highest BCUT2D eigenvalue weighted by Gasteiger charge is 2.30. The lowest BCUT2D eigenvalue weighted by Crippen LogP contribution is -2.21. The quantitative estimate of drug-likeness (QED) is 0.524. The van der Waals surface area contributed by atoms with Crippen LogP contribution < -0.4 is 9.47 Å². The molecule has 0 radical (unpaired) electrons. The largest absolute Gasteiger partial charge is 0.497 e. The molecule has 1 aliphatic rings. The van der Waals surface area contributed by atoms with Crippen LogP contribution in [0.1, 0.15) is 54.2 Å². The van der Waals surface area contributed by atoms with Crippen molar-refractivity contribution in [3.05, 3.63) is 41.2 Å². The van der Waals surface area contributed by atoms with Gasteiger partial charge in [0, 0.05) is 30.4 Å². The van der Waals surface area contributed by atoms with Crippen LogP contribution in [0.15, 0.2) is 29.6 Å². The Morgan fingerprint density at radius 2 is 2.03 bits per heavy atom. The summed E-state index contributed by atoms with van der Waals surface area (Å²) in [7, 11) is 3.26. The predicted molar refractivity (Wildman–Crippen MR) is 116 cm³/mol. The van der Waals surface area contributed by atoms with Crippen molar-refractivity contribution in [1.82, 2.24) is 19.6 Å². The summed E-state index contributed by atoms with van der Waals surface area (Å²) in [6.07, 6.45) is 3.95. The van der Waals surface area contributed by atoms with E-state index in [2.05, 4.69) is 28.9 Å². The predicted octanol–water partition coefficient (Wildman–Crippen LogP) is 4.19. The lowest BCUT2D eigenvalue weighted by Gasteiger charge is -2.24. The van der Waals surface area contributed by atoms with Crippen LogP contribution in [0, 0.1) is 5.92 Å². The number of hydrogen-bond donors (Lipinski definition) is 0. The number of rotatable bonds is 7. The third kappa shape index (κ3) is 4.14. The fourth-order valence-corrected chi connectivity index (χ4v) is 4.75. The normalized spacial score (nSPS) is 16.2. The van der Waals surface area contributed by atoms with Crippen molar-refractivity contribution in [1.29, 1.82) is 0 Å². The van der Waals surface area contributed by atoms with Crippen LogP contribution in [0.5, 0.6) is 11.5 Å². The topological polar surface area (TPSA) is 78.6 Å². The molecule has 1 aromatic carbocycles. The molecule has 30 heavy (non-hydrogen) atoms. The SMILES string of the molecule is COc1ccc(C2CC(=O)c3cn4nc(SCCC(C)C)nc4nc3C2)c(OC)c1. The zero-order valence-electron chi connectivity index (χ0n) is 17.7. The van der Waals surface area contributed by atoms with E-state index in [0.717, 1.165) is 34.9 Å². The van der Waals surface area contributed by atoms with Gasteiger partial charge in [0.25, 0.3) is 5.78 Å². The van der Waals surface area contributed by atoms with E-state index < -0.39 is 0 Å². The van der Waals surface area contributed by atoms with Crippen molar-refractivity contribution >= 4 is 23.3 Å². The molecule has 2 aromatic heterocycles. The van der Waals surface area contributed by atoms with Gasteiger partial charge in [0.15, 0.2) is 5.78 Å². The van der Waals surface area contributed by atoms with E-state index in [1.165, 1.54) is 0 Å². The Labute approximate surface area is 180 Å². The number of benzene rings is 1. The number of thioether (sulfide) groups is 1. The molecular formula is C22H26N4O3S. The monoisotopic (exact) mass is 426 g/mol. The number of carbonyl (C=O) groups is 1. The van der Waals surface area contributed by atoms with E-state index in [-0.39, 0.29) is 11.7 Å². The molecular weight excluding hydrogens is 400 g/mol. The first-order chi connectivity index (χ1) is 14.5. The molecule has 1 unspecified atom stereocenters. The summed E-state index contributed by atoms with van der Waals surface area (Å²) in [4.78, 5) is 22.1. The number of nitrogens with zero attached hydrogens (tertiary/aromatic N) is 4. The van der Waals surface area contributed by atoms with Crippen LogP contribution in [0.25, 0.3) is 5.78 Å². The number of carbonyl (C=O) groups excluding carboxylic acids is 1. The molecule has 0 fully saturated rings. The molecule has 1 atom stereocenters. The molecule has 3 aromatic rings. The smallest absolute Gasteiger partial charge is 0.253 e. The number of ketones is 1. The van der Waals surface area contributed by atoms with E-state index in [4.69, 9.17) is 9.47 Å². The summed E-state index contributed by atoms with van der Waals surface area (Å²) in [5, 5.41) is 5.20. The number of methoxy groups -OCH3 is 2. The maximum Gasteiger partial charge on any atom is 0.253 e. The average Bonchev–Trinajstić information content (AvgIpc) is 3.13. The lowest BCUT2D eigenvalue weighted by molar-refractivity contribution is 0.0962. The zero-order valence-corrected chi connectivity index (χ0v) is 18.5. The van der Waals surface area contributed by atoms with Gasteiger partial charge in [-0.2, -0.15) is 4.98 Å². The van der Waals surface area contributed by atoms with Gasteiger partial charge in [0.05, 0.1) is 25.5 Å². The first-order valence-electron chi connectivity index (χ1n) is 10.1. The van der Waals surface area contributed by atoms with Crippen LogP contribution in [0.3, 0.4) is 0 Å². The maximum absolute atomic E-state index is 12.9. The number of aromatic nitrogens is 4. The Balaban J connectivity index is 1.62. The molecule has 0 amide bonds. The Morgan fingerprint density at radius 1 is 1.20 bits per heavy atom. The van der Waals surface area contributed by atoms with Gasteiger partial charge in [-0.15, -0.1) is 5.10 Å². The van der Waals surface area contributed by atoms with E-state index in [1.54, 1.807) is 36.7 Å². The molecule has 2 heterocycles. The summed E-state index contributed by atoms with van der Waals surface area (Å²) in [6, 6.07) is 5.72. The first kappa shape index (κ1) is 20.7. The number of ether oxygens (including phenoxy) is 2. The van der Waals surface area contributed by atoms with Crippen LogP contribution in [0.2, 0.25) is 0 Å². The van der Waals surface area contributed by atoms with Gasteiger partial charge in [-0.1, -0.05) is 31.7 Å². The van der Waals surface area contributed by atoms with Crippen molar-refractivity contribution in [3.63, 3.8) is 0 Å². The van der Waals surface area contributed by atoms with E-state index in [0.29, 0.717) is 35.3 Å². The van der Waals surface area contributed by atoms with Crippen LogP contribution in [-0.4, -0.2) is 45.3 Å². The van der Waals surface area contributed by atoms with E-state index >= 15 is 0 Å². The second kappa shape index (κ2) is 8.63. The molecule has 0 spiro atoms. The summed E-state index contributed by atoms with van der Waals surface area (Å²) in [6.45, 7) is 4.40. The fraction of sp³-hybridized carbons (Fsp3) is 0.455. The van der Waals surface area contributed by atoms with E-state index in [1.807, 2.05) is 18.2 Å². The van der Waals surface area contributed by atoms with Crippen molar-refractivity contribution in [3.8, 4) is 11.5 Å². The molecule has 0 saturated carbocycles. The minimum atomic E-state index is 0.00335. The third-order valence-corrected chi connectivity index (χ3v) is 6.24. The number of fused-ring (bicyclic) bond motifs is 2. The molecule has 4 rings (SSSR count). The lowest BCUT2D eigenvalue weighted by atomic mass is 9.82. The highest BCUT2D eigenvalue weighted by atomic mass is 32.2. The molecule has 1 aliphatic carbocycles. The van der Waals surface area contributed by atoms with Gasteiger partial charge in [0.2, 0.25) is 5.16 Å². The third-order valence-electron chi connectivity index (χ3n) is 5.37. The summed E-state index contributed by atoms with van der Waals surface area (Å²) < 4.78 is 12.5. The first-order valence-corrected chi connectivity index (χ1v) is 11.1. The highest BCUT2D eigenvalue weighted by molar-refractivity contribution is 7.99.